The largest absolute Gasteiger partial charge is 0.384 e. The predicted octanol–water partition coefficient (Wildman–Crippen LogP) is 1.27. The number of pyridine rings is 1. The molecule has 0 spiro atoms. The summed E-state index contributed by atoms with van der Waals surface area (Å²) in [6.07, 6.45) is 5.37. The third kappa shape index (κ3) is 4.21. The Morgan fingerprint density at radius 3 is 2.79 bits per heavy atom. The molecule has 1 aliphatic heterocycles. The second-order valence-corrected chi connectivity index (χ2v) is 5.21. The van der Waals surface area contributed by atoms with E-state index < -0.39 is 0 Å². The van der Waals surface area contributed by atoms with Crippen LogP contribution in [0.5, 0.6) is 0 Å². The quantitative estimate of drug-likeness (QED) is 0.857. The van der Waals surface area contributed by atoms with Gasteiger partial charge in [0.25, 0.3) is 5.91 Å². The minimum Gasteiger partial charge on any atom is -0.384 e. The molecule has 5 heteroatoms. The highest BCUT2D eigenvalue weighted by molar-refractivity contribution is 5.94. The topological polar surface area (TPSA) is 71.2 Å². The van der Waals surface area contributed by atoms with Crippen molar-refractivity contribution in [3.63, 3.8) is 0 Å². The molecule has 1 atom stereocenters. The lowest BCUT2D eigenvalue weighted by atomic mass is 10.1. The van der Waals surface area contributed by atoms with Gasteiger partial charge < -0.3 is 16.0 Å². The fraction of sp³-hybridized carbons (Fsp3) is 0.571. The number of anilines is 1. The normalized spacial score (nSPS) is 17.9. The number of carbonyl (C=O) groups is 1. The van der Waals surface area contributed by atoms with Gasteiger partial charge in [0.15, 0.2) is 0 Å². The molecule has 3 N–H and O–H groups in total. The first-order chi connectivity index (χ1) is 9.15. The Balaban J connectivity index is 1.82. The smallest absolute Gasteiger partial charge is 0.253 e. The van der Waals surface area contributed by atoms with Gasteiger partial charge in [-0.05, 0) is 45.0 Å². The maximum absolute atomic E-state index is 12.0. The molecular formula is C14H22N4O. The van der Waals surface area contributed by atoms with Crippen LogP contribution in [0, 0.1) is 0 Å². The van der Waals surface area contributed by atoms with E-state index in [1.165, 1.54) is 25.5 Å². The molecule has 1 saturated heterocycles. The molecule has 2 heterocycles. The van der Waals surface area contributed by atoms with Gasteiger partial charge in [0.2, 0.25) is 0 Å². The van der Waals surface area contributed by atoms with Gasteiger partial charge >= 0.3 is 0 Å². The van der Waals surface area contributed by atoms with Crippen LogP contribution >= 0.6 is 0 Å². The minimum atomic E-state index is -0.0861. The average molecular weight is 262 g/mol. The molecule has 19 heavy (non-hydrogen) atoms. The molecular weight excluding hydrogens is 240 g/mol. The van der Waals surface area contributed by atoms with Gasteiger partial charge in [-0.1, -0.05) is 6.42 Å². The Bertz CT molecular complexity index is 412. The number of piperidine rings is 1. The van der Waals surface area contributed by atoms with Crippen LogP contribution in [-0.4, -0.2) is 41.5 Å². The molecule has 0 aliphatic carbocycles. The van der Waals surface area contributed by atoms with Crippen molar-refractivity contribution in [2.45, 2.75) is 32.2 Å². The Morgan fingerprint density at radius 1 is 1.42 bits per heavy atom. The van der Waals surface area contributed by atoms with Gasteiger partial charge in [-0.2, -0.15) is 0 Å². The first-order valence-corrected chi connectivity index (χ1v) is 6.90. The average Bonchev–Trinajstić information content (AvgIpc) is 2.40. The fourth-order valence-corrected chi connectivity index (χ4v) is 2.42. The Morgan fingerprint density at radius 2 is 2.16 bits per heavy atom. The number of nitrogen functional groups attached to an aromatic ring is 1. The highest BCUT2D eigenvalue weighted by Gasteiger charge is 2.15. The van der Waals surface area contributed by atoms with E-state index in [2.05, 4.69) is 15.2 Å². The summed E-state index contributed by atoms with van der Waals surface area (Å²) in [5.74, 6) is 0.343. The van der Waals surface area contributed by atoms with E-state index in [1.807, 2.05) is 6.92 Å². The first kappa shape index (κ1) is 13.8. The Kier molecular flexibility index (Phi) is 4.74. The van der Waals surface area contributed by atoms with Crippen molar-refractivity contribution in [2.24, 2.45) is 0 Å². The summed E-state index contributed by atoms with van der Waals surface area (Å²) >= 11 is 0. The van der Waals surface area contributed by atoms with Crippen molar-refractivity contribution in [2.75, 3.05) is 25.4 Å². The van der Waals surface area contributed by atoms with E-state index in [9.17, 15) is 4.79 Å². The first-order valence-electron chi connectivity index (χ1n) is 6.90. The zero-order valence-electron chi connectivity index (χ0n) is 11.4. The zero-order chi connectivity index (χ0) is 13.7. The number of nitrogens with two attached hydrogens (primary N) is 1. The zero-order valence-corrected chi connectivity index (χ0v) is 11.4. The van der Waals surface area contributed by atoms with Crippen LogP contribution in [-0.2, 0) is 0 Å². The van der Waals surface area contributed by atoms with Gasteiger partial charge in [0.1, 0.15) is 5.82 Å². The lowest BCUT2D eigenvalue weighted by Gasteiger charge is -2.29. The molecule has 1 aromatic heterocycles. The number of rotatable bonds is 4. The number of hydrogen-bond donors (Lipinski definition) is 2. The molecule has 1 aromatic rings. The van der Waals surface area contributed by atoms with Crippen molar-refractivity contribution < 1.29 is 4.79 Å². The molecule has 1 amide bonds. The minimum absolute atomic E-state index is 0.0861. The summed E-state index contributed by atoms with van der Waals surface area (Å²) < 4.78 is 0. The highest BCUT2D eigenvalue weighted by atomic mass is 16.1. The number of nitrogens with zero attached hydrogens (tertiary/aromatic N) is 2. The van der Waals surface area contributed by atoms with Crippen molar-refractivity contribution in [1.29, 1.82) is 0 Å². The lowest BCUT2D eigenvalue weighted by molar-refractivity contribution is 0.0925. The molecule has 0 bridgehead atoms. The van der Waals surface area contributed by atoms with Crippen molar-refractivity contribution >= 4 is 11.7 Å². The van der Waals surface area contributed by atoms with Gasteiger partial charge in [-0.3, -0.25) is 4.79 Å². The maximum Gasteiger partial charge on any atom is 0.253 e. The van der Waals surface area contributed by atoms with Gasteiger partial charge in [0.05, 0.1) is 5.56 Å². The fourth-order valence-electron chi connectivity index (χ4n) is 2.42. The van der Waals surface area contributed by atoms with Crippen molar-refractivity contribution in [3.05, 3.63) is 23.9 Å². The molecule has 1 fully saturated rings. The standard InChI is InChI=1S/C14H22N4O/c1-11(10-18-7-3-2-4-8-18)17-14(19)12-5-6-13(15)16-9-12/h5-6,9,11H,2-4,7-8,10H2,1H3,(H2,15,16)(H,17,19). The molecule has 0 aromatic carbocycles. The molecule has 1 aliphatic rings. The van der Waals surface area contributed by atoms with Crippen LogP contribution in [0.4, 0.5) is 5.82 Å². The molecule has 2 rings (SSSR count). The van der Waals surface area contributed by atoms with Crippen LogP contribution in [0.3, 0.4) is 0 Å². The number of amides is 1. The Labute approximate surface area is 114 Å². The van der Waals surface area contributed by atoms with Gasteiger partial charge in [-0.15, -0.1) is 0 Å². The van der Waals surface area contributed by atoms with E-state index in [4.69, 9.17) is 5.73 Å². The summed E-state index contributed by atoms with van der Waals surface area (Å²) in [4.78, 5) is 18.3. The predicted molar refractivity (Wildman–Crippen MR) is 75.9 cm³/mol. The number of likely N-dealkylation sites (tertiary alicyclic amines) is 1. The second kappa shape index (κ2) is 6.52. The maximum atomic E-state index is 12.0. The number of aromatic nitrogens is 1. The van der Waals surface area contributed by atoms with Crippen LogP contribution in [0.1, 0.15) is 36.5 Å². The summed E-state index contributed by atoms with van der Waals surface area (Å²) in [5, 5.41) is 3.00. The molecule has 5 nitrogen and oxygen atoms in total. The van der Waals surface area contributed by atoms with E-state index in [1.54, 1.807) is 12.1 Å². The van der Waals surface area contributed by atoms with Crippen LogP contribution in [0.25, 0.3) is 0 Å². The molecule has 0 saturated carbocycles. The number of nitrogens with one attached hydrogen (secondary N) is 1. The van der Waals surface area contributed by atoms with Crippen molar-refractivity contribution in [1.82, 2.24) is 15.2 Å². The third-order valence-corrected chi connectivity index (χ3v) is 3.41. The van der Waals surface area contributed by atoms with Crippen LogP contribution < -0.4 is 11.1 Å². The third-order valence-electron chi connectivity index (χ3n) is 3.41. The van der Waals surface area contributed by atoms with Gasteiger partial charge in [0, 0.05) is 18.8 Å². The summed E-state index contributed by atoms with van der Waals surface area (Å²) in [6, 6.07) is 3.48. The Hall–Kier alpha value is -1.62. The number of hydrogen-bond acceptors (Lipinski definition) is 4. The molecule has 0 radical (unpaired) electrons. The summed E-state index contributed by atoms with van der Waals surface area (Å²) in [5.41, 5.74) is 6.06. The van der Waals surface area contributed by atoms with E-state index in [0.717, 1.165) is 19.6 Å². The van der Waals surface area contributed by atoms with Crippen molar-refractivity contribution in [3.8, 4) is 0 Å². The summed E-state index contributed by atoms with van der Waals surface area (Å²) in [7, 11) is 0. The monoisotopic (exact) mass is 262 g/mol. The lowest BCUT2D eigenvalue weighted by Crippen LogP contribution is -2.43. The SMILES string of the molecule is CC(CN1CCCCC1)NC(=O)c1ccc(N)nc1. The summed E-state index contributed by atoms with van der Waals surface area (Å²) in [6.45, 7) is 5.23. The van der Waals surface area contributed by atoms with Crippen LogP contribution in [0.2, 0.25) is 0 Å². The van der Waals surface area contributed by atoms with E-state index >= 15 is 0 Å². The molecule has 104 valence electrons. The van der Waals surface area contributed by atoms with Crippen LogP contribution in [0.15, 0.2) is 18.3 Å². The number of carbonyl (C=O) groups excluding carboxylic acids is 1. The van der Waals surface area contributed by atoms with E-state index in [0.29, 0.717) is 11.4 Å². The van der Waals surface area contributed by atoms with Gasteiger partial charge in [-0.25, -0.2) is 4.98 Å². The van der Waals surface area contributed by atoms with E-state index in [-0.39, 0.29) is 11.9 Å². The molecule has 1 unspecified atom stereocenters. The second-order valence-electron chi connectivity index (χ2n) is 5.21. The highest BCUT2D eigenvalue weighted by Crippen LogP contribution is 2.09.